The molecule has 1 aromatic rings. The first-order chi connectivity index (χ1) is 7.65. The molecule has 1 fully saturated rings. The van der Waals surface area contributed by atoms with E-state index in [-0.39, 0.29) is 5.91 Å². The molecule has 1 aliphatic rings. The Kier molecular flexibility index (Phi) is 3.69. The van der Waals surface area contributed by atoms with E-state index in [9.17, 15) is 4.79 Å². The van der Waals surface area contributed by atoms with Crippen molar-refractivity contribution in [2.45, 2.75) is 6.42 Å². The van der Waals surface area contributed by atoms with Crippen LogP contribution in [-0.2, 0) is 9.53 Å². The van der Waals surface area contributed by atoms with Gasteiger partial charge in [0, 0.05) is 17.4 Å². The van der Waals surface area contributed by atoms with Crippen LogP contribution in [-0.4, -0.2) is 19.1 Å². The van der Waals surface area contributed by atoms with Crippen LogP contribution in [0.15, 0.2) is 18.2 Å². The quantitative estimate of drug-likeness (QED) is 0.907. The summed E-state index contributed by atoms with van der Waals surface area (Å²) in [6.45, 7) is 1.34. The lowest BCUT2D eigenvalue weighted by molar-refractivity contribution is -0.121. The van der Waals surface area contributed by atoms with Gasteiger partial charge < -0.3 is 10.1 Å². The number of hydrogen-bond donors (Lipinski definition) is 1. The summed E-state index contributed by atoms with van der Waals surface area (Å²) in [5, 5.41) is 3.75. The van der Waals surface area contributed by atoms with E-state index >= 15 is 0 Å². The zero-order chi connectivity index (χ0) is 11.5. The summed E-state index contributed by atoms with van der Waals surface area (Å²) in [6.07, 6.45) is 0.471. The number of carbonyl (C=O) groups excluding carboxylic acids is 1. The molecule has 1 saturated heterocycles. The van der Waals surface area contributed by atoms with Gasteiger partial charge in [0.2, 0.25) is 5.91 Å². The van der Waals surface area contributed by atoms with Crippen LogP contribution in [0.25, 0.3) is 0 Å². The largest absolute Gasteiger partial charge is 0.381 e. The van der Waals surface area contributed by atoms with Gasteiger partial charge in [-0.2, -0.15) is 0 Å². The van der Waals surface area contributed by atoms with Gasteiger partial charge in [-0.1, -0.05) is 23.2 Å². The van der Waals surface area contributed by atoms with Gasteiger partial charge in [-0.05, 0) is 18.2 Å². The molecule has 1 heterocycles. The first-order valence-corrected chi connectivity index (χ1v) is 5.73. The molecule has 5 heteroatoms. The molecular weight excluding hydrogens is 249 g/mol. The molecule has 16 heavy (non-hydrogen) atoms. The van der Waals surface area contributed by atoms with E-state index in [4.69, 9.17) is 27.9 Å². The molecule has 1 amide bonds. The monoisotopic (exact) mass is 259 g/mol. The Labute approximate surface area is 104 Å². The molecule has 0 atom stereocenters. The Morgan fingerprint density at radius 2 is 2.19 bits per heavy atom. The van der Waals surface area contributed by atoms with Crippen molar-refractivity contribution in [3.05, 3.63) is 28.2 Å². The molecule has 1 N–H and O–H groups in total. The average molecular weight is 260 g/mol. The molecule has 0 aliphatic carbocycles. The number of ether oxygens (including phenoxy) is 1. The lowest BCUT2D eigenvalue weighted by Crippen LogP contribution is -2.31. The maximum atomic E-state index is 11.6. The van der Waals surface area contributed by atoms with Crippen LogP contribution in [0.4, 0.5) is 5.69 Å². The van der Waals surface area contributed by atoms with Gasteiger partial charge in [0.15, 0.2) is 0 Å². The maximum absolute atomic E-state index is 11.6. The number of halogens is 2. The standard InChI is InChI=1S/C11H11Cl2NO2/c12-8-1-2-10(9(13)4-8)14-11(15)3-7-5-16-6-7/h1-2,4,7H,3,5-6H2,(H,14,15). The van der Waals surface area contributed by atoms with Crippen molar-refractivity contribution in [1.29, 1.82) is 0 Å². The summed E-state index contributed by atoms with van der Waals surface area (Å²) < 4.78 is 5.00. The summed E-state index contributed by atoms with van der Waals surface area (Å²) in [6, 6.07) is 4.99. The van der Waals surface area contributed by atoms with Gasteiger partial charge in [-0.3, -0.25) is 4.79 Å². The van der Waals surface area contributed by atoms with E-state index in [0.29, 0.717) is 41.3 Å². The van der Waals surface area contributed by atoms with Crippen molar-refractivity contribution in [2.24, 2.45) is 5.92 Å². The fourth-order valence-corrected chi connectivity index (χ4v) is 1.91. The highest BCUT2D eigenvalue weighted by Crippen LogP contribution is 2.26. The van der Waals surface area contributed by atoms with Crippen molar-refractivity contribution in [2.75, 3.05) is 18.5 Å². The zero-order valence-corrected chi connectivity index (χ0v) is 10.0. The molecule has 1 aliphatic heterocycles. The molecule has 0 bridgehead atoms. The summed E-state index contributed by atoms with van der Waals surface area (Å²) in [7, 11) is 0. The minimum absolute atomic E-state index is 0.0440. The van der Waals surface area contributed by atoms with Gasteiger partial charge in [0.1, 0.15) is 0 Å². The topological polar surface area (TPSA) is 38.3 Å². The van der Waals surface area contributed by atoms with Crippen molar-refractivity contribution in [3.8, 4) is 0 Å². The van der Waals surface area contributed by atoms with Crippen molar-refractivity contribution < 1.29 is 9.53 Å². The molecular formula is C11H11Cl2NO2. The summed E-state index contributed by atoms with van der Waals surface area (Å²) in [5.74, 6) is 0.295. The van der Waals surface area contributed by atoms with Crippen molar-refractivity contribution >= 4 is 34.8 Å². The minimum atomic E-state index is -0.0440. The number of amides is 1. The molecule has 86 valence electrons. The number of carbonyl (C=O) groups is 1. The molecule has 0 spiro atoms. The van der Waals surface area contributed by atoms with Crippen molar-refractivity contribution in [1.82, 2.24) is 0 Å². The van der Waals surface area contributed by atoms with Gasteiger partial charge in [-0.15, -0.1) is 0 Å². The Hall–Kier alpha value is -0.770. The van der Waals surface area contributed by atoms with Crippen LogP contribution in [0.1, 0.15) is 6.42 Å². The number of hydrogen-bond acceptors (Lipinski definition) is 2. The van der Waals surface area contributed by atoms with Gasteiger partial charge in [0.05, 0.1) is 23.9 Å². The number of rotatable bonds is 3. The van der Waals surface area contributed by atoms with E-state index in [1.54, 1.807) is 18.2 Å². The van der Waals surface area contributed by atoms with Crippen LogP contribution in [0.5, 0.6) is 0 Å². The van der Waals surface area contributed by atoms with Gasteiger partial charge >= 0.3 is 0 Å². The fourth-order valence-electron chi connectivity index (χ4n) is 1.46. The molecule has 0 aromatic heterocycles. The van der Waals surface area contributed by atoms with E-state index < -0.39 is 0 Å². The number of nitrogens with one attached hydrogen (secondary N) is 1. The highest BCUT2D eigenvalue weighted by Gasteiger charge is 2.21. The average Bonchev–Trinajstić information content (AvgIpc) is 2.16. The first-order valence-electron chi connectivity index (χ1n) is 4.98. The maximum Gasteiger partial charge on any atom is 0.224 e. The summed E-state index contributed by atoms with van der Waals surface area (Å²) >= 11 is 11.7. The second-order valence-corrected chi connectivity index (χ2v) is 4.62. The third-order valence-electron chi connectivity index (χ3n) is 2.39. The molecule has 0 saturated carbocycles. The third-order valence-corrected chi connectivity index (χ3v) is 2.93. The van der Waals surface area contributed by atoms with Gasteiger partial charge in [-0.25, -0.2) is 0 Å². The van der Waals surface area contributed by atoms with Crippen molar-refractivity contribution in [3.63, 3.8) is 0 Å². The highest BCUT2D eigenvalue weighted by molar-refractivity contribution is 6.36. The lowest BCUT2D eigenvalue weighted by Gasteiger charge is -2.25. The van der Waals surface area contributed by atoms with E-state index in [0.717, 1.165) is 0 Å². The Bertz CT molecular complexity index is 405. The lowest BCUT2D eigenvalue weighted by atomic mass is 10.0. The second kappa shape index (κ2) is 5.04. The summed E-state index contributed by atoms with van der Waals surface area (Å²) in [4.78, 5) is 11.6. The third kappa shape index (κ3) is 2.88. The number of benzene rings is 1. The molecule has 3 nitrogen and oxygen atoms in total. The van der Waals surface area contributed by atoms with Crippen LogP contribution >= 0.6 is 23.2 Å². The predicted molar refractivity (Wildman–Crippen MR) is 64.0 cm³/mol. The smallest absolute Gasteiger partial charge is 0.224 e. The molecule has 1 aromatic carbocycles. The zero-order valence-electron chi connectivity index (χ0n) is 8.50. The van der Waals surface area contributed by atoms with E-state index in [1.165, 1.54) is 0 Å². The Morgan fingerprint density at radius 3 is 2.75 bits per heavy atom. The normalized spacial score (nSPS) is 15.6. The molecule has 0 unspecified atom stereocenters. The molecule has 2 rings (SSSR count). The van der Waals surface area contributed by atoms with E-state index in [1.807, 2.05) is 0 Å². The second-order valence-electron chi connectivity index (χ2n) is 3.78. The Morgan fingerprint density at radius 1 is 1.44 bits per heavy atom. The SMILES string of the molecule is O=C(CC1COC1)Nc1ccc(Cl)cc1Cl. The van der Waals surface area contributed by atoms with Crippen LogP contribution in [0, 0.1) is 5.92 Å². The van der Waals surface area contributed by atoms with Crippen LogP contribution < -0.4 is 5.32 Å². The predicted octanol–water partition coefficient (Wildman–Crippen LogP) is 2.97. The first kappa shape index (κ1) is 11.7. The van der Waals surface area contributed by atoms with Gasteiger partial charge in [0.25, 0.3) is 0 Å². The van der Waals surface area contributed by atoms with Crippen LogP contribution in [0.2, 0.25) is 10.0 Å². The molecule has 0 radical (unpaired) electrons. The minimum Gasteiger partial charge on any atom is -0.381 e. The summed E-state index contributed by atoms with van der Waals surface area (Å²) in [5.41, 5.74) is 0.594. The fraction of sp³-hybridized carbons (Fsp3) is 0.364. The van der Waals surface area contributed by atoms with E-state index in [2.05, 4.69) is 5.32 Å². The highest BCUT2D eigenvalue weighted by atomic mass is 35.5. The van der Waals surface area contributed by atoms with Crippen LogP contribution in [0.3, 0.4) is 0 Å². The Balaban J connectivity index is 1.94. The number of anilines is 1.